The minimum atomic E-state index is -4.28. The summed E-state index contributed by atoms with van der Waals surface area (Å²) in [5.41, 5.74) is 5.06. The van der Waals surface area contributed by atoms with E-state index in [1.165, 1.54) is 11.1 Å². The van der Waals surface area contributed by atoms with Gasteiger partial charge in [0.15, 0.2) is 5.82 Å². The number of benzene rings is 1. The summed E-state index contributed by atoms with van der Waals surface area (Å²) < 4.78 is 41.6. The van der Waals surface area contributed by atoms with Crippen LogP contribution in [0.3, 0.4) is 0 Å². The molecule has 0 aliphatic carbocycles. The molecule has 6 rings (SSSR count). The van der Waals surface area contributed by atoms with Crippen LogP contribution in [0.2, 0.25) is 0 Å². The number of thiophene rings is 1. The number of halogens is 3. The van der Waals surface area contributed by atoms with Crippen LogP contribution < -0.4 is 5.32 Å². The molecule has 4 aromatic heterocycles. The summed E-state index contributed by atoms with van der Waals surface area (Å²) in [4.78, 5) is 14.5. The number of likely N-dealkylation sites (tertiary alicyclic amines) is 1. The van der Waals surface area contributed by atoms with Gasteiger partial charge >= 0.3 is 6.18 Å². The Hall–Kier alpha value is -4.25. The molecule has 46 heavy (non-hydrogen) atoms. The molecule has 1 saturated heterocycles. The van der Waals surface area contributed by atoms with Gasteiger partial charge in [-0.05, 0) is 69.3 Å². The van der Waals surface area contributed by atoms with Crippen molar-refractivity contribution in [3.8, 4) is 6.07 Å². The standard InChI is InChI=1S/C33H36F3N9S/c1-21-23(6-7-29-27(21)13-25(16-37)45(29)19-22-17-38-39-18-22)20-44-11-8-24(9-12-44)40-31-28-14-26(15-33(34,35)36)46-32(28)42-30(41-31)5-4-10-43(2)3/h4-7,13-14,17-18,24H,8-12,15,19-20H2,1-3H3,(H,38,39)(H,40,41,42)/b5-4+. The molecule has 0 saturated carbocycles. The maximum atomic E-state index is 13.2. The van der Waals surface area contributed by atoms with Crippen LogP contribution in [0.25, 0.3) is 27.2 Å². The van der Waals surface area contributed by atoms with Crippen molar-refractivity contribution >= 4 is 44.4 Å². The summed E-state index contributed by atoms with van der Waals surface area (Å²) in [6.45, 7) is 5.93. The molecule has 0 amide bonds. The first-order valence-electron chi connectivity index (χ1n) is 15.2. The van der Waals surface area contributed by atoms with Crippen LogP contribution in [0.15, 0.2) is 42.7 Å². The molecule has 5 aromatic rings. The number of anilines is 1. The quantitative estimate of drug-likeness (QED) is 0.182. The largest absolute Gasteiger partial charge is 0.393 e. The second kappa shape index (κ2) is 13.2. The second-order valence-corrected chi connectivity index (χ2v) is 13.2. The third-order valence-corrected chi connectivity index (χ3v) is 9.40. The van der Waals surface area contributed by atoms with Crippen molar-refractivity contribution in [1.29, 1.82) is 5.26 Å². The number of nitrogens with zero attached hydrogens (tertiary/aromatic N) is 7. The highest BCUT2D eigenvalue weighted by Gasteiger charge is 2.29. The normalized spacial score (nSPS) is 15.1. The first-order valence-corrected chi connectivity index (χ1v) is 16.0. The summed E-state index contributed by atoms with van der Waals surface area (Å²) in [6.07, 6.45) is 3.87. The van der Waals surface area contributed by atoms with Crippen molar-refractivity contribution in [1.82, 2.24) is 34.5 Å². The molecule has 1 aliphatic heterocycles. The van der Waals surface area contributed by atoms with Crippen molar-refractivity contribution < 1.29 is 13.2 Å². The van der Waals surface area contributed by atoms with E-state index >= 15 is 0 Å². The Balaban J connectivity index is 1.15. The van der Waals surface area contributed by atoms with Crippen LogP contribution in [-0.2, 0) is 19.5 Å². The number of likely N-dealkylation sites (N-methyl/N-ethyl adjacent to an activating group) is 1. The molecular weight excluding hydrogens is 611 g/mol. The van der Waals surface area contributed by atoms with Gasteiger partial charge in [-0.2, -0.15) is 23.5 Å². The van der Waals surface area contributed by atoms with Gasteiger partial charge in [0.05, 0.1) is 24.5 Å². The number of H-pyrrole nitrogens is 1. The number of aryl methyl sites for hydroxylation is 1. The third kappa shape index (κ3) is 7.25. The van der Waals surface area contributed by atoms with E-state index in [9.17, 15) is 18.4 Å². The van der Waals surface area contributed by atoms with Crippen molar-refractivity contribution in [3.63, 3.8) is 0 Å². The molecule has 0 unspecified atom stereocenters. The van der Waals surface area contributed by atoms with Crippen LogP contribution >= 0.6 is 11.3 Å². The SMILES string of the molecule is Cc1c(CN2CCC(Nc3nc(/C=C/CN(C)C)nc4sc(CC(F)(F)F)cc34)CC2)ccc2c1cc(C#N)n2Cc1cn[nH]c1. The maximum absolute atomic E-state index is 13.2. The molecule has 1 aromatic carbocycles. The highest BCUT2D eigenvalue weighted by atomic mass is 32.1. The molecule has 0 atom stereocenters. The fraction of sp³-hybridized carbons (Fsp3) is 0.394. The maximum Gasteiger partial charge on any atom is 0.393 e. The molecule has 2 N–H and O–H groups in total. The van der Waals surface area contributed by atoms with Crippen LogP contribution in [0, 0.1) is 18.3 Å². The zero-order chi connectivity index (χ0) is 32.4. The number of aromatic nitrogens is 5. The lowest BCUT2D eigenvalue weighted by Crippen LogP contribution is -2.39. The molecule has 240 valence electrons. The Morgan fingerprint density at radius 1 is 1.15 bits per heavy atom. The average Bonchev–Trinajstić information content (AvgIpc) is 3.74. The van der Waals surface area contributed by atoms with Crippen molar-refractivity contribution in [2.75, 3.05) is 39.0 Å². The Labute approximate surface area is 269 Å². The highest BCUT2D eigenvalue weighted by Crippen LogP contribution is 2.34. The highest BCUT2D eigenvalue weighted by molar-refractivity contribution is 7.18. The van der Waals surface area contributed by atoms with E-state index in [0.717, 1.165) is 60.3 Å². The number of rotatable bonds is 10. The summed E-state index contributed by atoms with van der Waals surface area (Å²) >= 11 is 1.08. The second-order valence-electron chi connectivity index (χ2n) is 12.1. The van der Waals surface area contributed by atoms with Gasteiger partial charge in [0.25, 0.3) is 0 Å². The first kappa shape index (κ1) is 31.7. The van der Waals surface area contributed by atoms with E-state index in [4.69, 9.17) is 4.98 Å². The Morgan fingerprint density at radius 2 is 1.96 bits per heavy atom. The number of alkyl halides is 3. The smallest absolute Gasteiger partial charge is 0.367 e. The van der Waals surface area contributed by atoms with E-state index in [0.29, 0.717) is 40.6 Å². The van der Waals surface area contributed by atoms with Crippen LogP contribution in [0.4, 0.5) is 19.0 Å². The topological polar surface area (TPSA) is 102 Å². The molecule has 1 fully saturated rings. The third-order valence-electron chi connectivity index (χ3n) is 8.37. The zero-order valence-electron chi connectivity index (χ0n) is 26.0. The van der Waals surface area contributed by atoms with E-state index in [-0.39, 0.29) is 10.9 Å². The number of aromatic amines is 1. The molecule has 0 bridgehead atoms. The molecule has 1 aliphatic rings. The van der Waals surface area contributed by atoms with Gasteiger partial charge in [-0.15, -0.1) is 11.3 Å². The van der Waals surface area contributed by atoms with Crippen molar-refractivity contribution in [2.45, 2.75) is 51.5 Å². The fourth-order valence-electron chi connectivity index (χ4n) is 6.00. The monoisotopic (exact) mass is 647 g/mol. The fourth-order valence-corrected chi connectivity index (χ4v) is 7.06. The Kier molecular flexibility index (Phi) is 9.13. The van der Waals surface area contributed by atoms with E-state index in [1.807, 2.05) is 48.0 Å². The summed E-state index contributed by atoms with van der Waals surface area (Å²) in [6, 6.07) is 10.3. The lowest BCUT2D eigenvalue weighted by atomic mass is 10.0. The molecular formula is C33H36F3N9S. The summed E-state index contributed by atoms with van der Waals surface area (Å²) in [5.74, 6) is 1.07. The minimum Gasteiger partial charge on any atom is -0.367 e. The average molecular weight is 648 g/mol. The number of piperidine rings is 1. The van der Waals surface area contributed by atoms with Gasteiger partial charge in [-0.25, -0.2) is 9.97 Å². The lowest BCUT2D eigenvalue weighted by Gasteiger charge is -2.33. The first-order chi connectivity index (χ1) is 22.1. The van der Waals surface area contributed by atoms with E-state index < -0.39 is 12.6 Å². The Bertz CT molecular complexity index is 1890. The molecule has 9 nitrogen and oxygen atoms in total. The van der Waals surface area contributed by atoms with Crippen molar-refractivity contribution in [3.05, 3.63) is 75.8 Å². The minimum absolute atomic E-state index is 0.137. The molecule has 5 heterocycles. The van der Waals surface area contributed by atoms with Gasteiger partial charge in [0.2, 0.25) is 0 Å². The number of nitrogens with one attached hydrogen (secondary N) is 2. The number of hydrogen-bond acceptors (Lipinski definition) is 8. The lowest BCUT2D eigenvalue weighted by molar-refractivity contribution is -0.126. The molecule has 0 spiro atoms. The molecule has 13 heteroatoms. The van der Waals surface area contributed by atoms with E-state index in [2.05, 4.69) is 50.5 Å². The summed E-state index contributed by atoms with van der Waals surface area (Å²) in [5, 5.41) is 22.0. The van der Waals surface area contributed by atoms with E-state index in [1.54, 1.807) is 12.3 Å². The number of hydrogen-bond donors (Lipinski definition) is 2. The Morgan fingerprint density at radius 3 is 2.65 bits per heavy atom. The molecule has 0 radical (unpaired) electrons. The number of fused-ring (bicyclic) bond motifs is 2. The summed E-state index contributed by atoms with van der Waals surface area (Å²) in [7, 11) is 3.92. The predicted molar refractivity (Wildman–Crippen MR) is 176 cm³/mol. The predicted octanol–water partition coefficient (Wildman–Crippen LogP) is 6.35. The van der Waals surface area contributed by atoms with Gasteiger partial charge in [-0.3, -0.25) is 10.00 Å². The van der Waals surface area contributed by atoms with Crippen LogP contribution in [-0.4, -0.2) is 80.5 Å². The van der Waals surface area contributed by atoms with Gasteiger partial charge < -0.3 is 14.8 Å². The zero-order valence-corrected chi connectivity index (χ0v) is 26.8. The van der Waals surface area contributed by atoms with Gasteiger partial charge in [-0.1, -0.05) is 12.1 Å². The van der Waals surface area contributed by atoms with Gasteiger partial charge in [0, 0.05) is 59.8 Å². The number of nitriles is 1. The van der Waals surface area contributed by atoms with Crippen LogP contribution in [0.5, 0.6) is 0 Å². The van der Waals surface area contributed by atoms with Gasteiger partial charge in [0.1, 0.15) is 22.4 Å². The van der Waals surface area contributed by atoms with Crippen molar-refractivity contribution in [2.24, 2.45) is 0 Å². The van der Waals surface area contributed by atoms with Crippen LogP contribution in [0.1, 0.15) is 45.9 Å².